The molecule has 3 rings (SSSR count). The van der Waals surface area contributed by atoms with Crippen LogP contribution in [-0.2, 0) is 21.2 Å². The molecule has 0 heterocycles. The largest absolute Gasteiger partial charge is 0.492 e. The van der Waals surface area contributed by atoms with Crippen LogP contribution in [0.3, 0.4) is 0 Å². The van der Waals surface area contributed by atoms with Crippen molar-refractivity contribution < 1.29 is 22.3 Å². The minimum Gasteiger partial charge on any atom is -0.492 e. The van der Waals surface area contributed by atoms with Crippen LogP contribution in [0.1, 0.15) is 12.5 Å². The molecular formula is C24H24ClFN2O4S. The molecule has 3 aromatic rings. The Bertz CT molecular complexity index is 1190. The van der Waals surface area contributed by atoms with E-state index in [1.165, 1.54) is 36.4 Å². The van der Waals surface area contributed by atoms with Crippen molar-refractivity contribution in [2.75, 3.05) is 24.0 Å². The monoisotopic (exact) mass is 490 g/mol. The fourth-order valence-corrected chi connectivity index (χ4v) is 4.72. The minimum atomic E-state index is -4.10. The third-order valence-corrected chi connectivity index (χ3v) is 6.80. The number of nitrogens with zero attached hydrogens (tertiary/aromatic N) is 1. The van der Waals surface area contributed by atoms with Crippen LogP contribution in [0.25, 0.3) is 0 Å². The van der Waals surface area contributed by atoms with Gasteiger partial charge >= 0.3 is 0 Å². The number of nitrogens with one attached hydrogen (secondary N) is 1. The summed E-state index contributed by atoms with van der Waals surface area (Å²) in [4.78, 5) is 12.7. The number of carbonyl (C=O) groups is 1. The number of carbonyl (C=O) groups excluding carboxylic acids is 1. The maximum Gasteiger partial charge on any atom is 0.264 e. The Hall–Kier alpha value is -3.10. The summed E-state index contributed by atoms with van der Waals surface area (Å²) in [6.07, 6.45) is 0.478. The highest BCUT2D eigenvalue weighted by molar-refractivity contribution is 7.92. The second kappa shape index (κ2) is 11.2. The standard InChI is InChI=1S/C24H24ClFN2O4S/c1-2-32-23-6-4-3-5-22(23)28(33(30,31)21-13-9-19(25)10-14-21)17-24(29)27-16-15-18-7-11-20(26)12-8-18/h3-14H,2,15-17H2,1H3,(H,27,29). The number of para-hydroxylation sites is 2. The van der Waals surface area contributed by atoms with Crippen LogP contribution in [0, 0.1) is 5.82 Å². The molecule has 0 aliphatic heterocycles. The van der Waals surface area contributed by atoms with Crippen molar-refractivity contribution >= 4 is 33.2 Å². The van der Waals surface area contributed by atoms with Crippen LogP contribution in [0.5, 0.6) is 5.75 Å². The molecule has 0 saturated heterocycles. The van der Waals surface area contributed by atoms with Gasteiger partial charge in [-0.2, -0.15) is 0 Å². The van der Waals surface area contributed by atoms with Crippen LogP contribution in [0.2, 0.25) is 5.02 Å². The van der Waals surface area contributed by atoms with Gasteiger partial charge in [0.15, 0.2) is 0 Å². The summed E-state index contributed by atoms with van der Waals surface area (Å²) in [6, 6.07) is 18.3. The average molecular weight is 491 g/mol. The Kier molecular flexibility index (Phi) is 8.30. The number of hydrogen-bond acceptors (Lipinski definition) is 4. The quantitative estimate of drug-likeness (QED) is 0.456. The van der Waals surface area contributed by atoms with Crippen LogP contribution >= 0.6 is 11.6 Å². The van der Waals surface area contributed by atoms with Crippen LogP contribution in [0.15, 0.2) is 77.7 Å². The number of benzene rings is 3. The highest BCUT2D eigenvalue weighted by Gasteiger charge is 2.29. The van der Waals surface area contributed by atoms with Crippen LogP contribution in [-0.4, -0.2) is 34.0 Å². The van der Waals surface area contributed by atoms with E-state index >= 15 is 0 Å². The minimum absolute atomic E-state index is 0.00249. The molecule has 0 bridgehead atoms. The van der Waals surface area contributed by atoms with Gasteiger partial charge in [-0.1, -0.05) is 35.9 Å². The lowest BCUT2D eigenvalue weighted by Crippen LogP contribution is -2.41. The van der Waals surface area contributed by atoms with Crippen molar-refractivity contribution in [1.82, 2.24) is 5.32 Å². The smallest absolute Gasteiger partial charge is 0.264 e. The van der Waals surface area contributed by atoms with Crippen molar-refractivity contribution in [1.29, 1.82) is 0 Å². The molecule has 0 aliphatic carbocycles. The third-order valence-electron chi connectivity index (χ3n) is 4.77. The predicted octanol–water partition coefficient (Wildman–Crippen LogP) is 4.43. The first-order valence-electron chi connectivity index (χ1n) is 10.3. The number of hydrogen-bond donors (Lipinski definition) is 1. The molecule has 0 unspecified atom stereocenters. The van der Waals surface area contributed by atoms with Crippen molar-refractivity contribution in [2.24, 2.45) is 0 Å². The Balaban J connectivity index is 1.83. The van der Waals surface area contributed by atoms with Crippen LogP contribution < -0.4 is 14.4 Å². The fourth-order valence-electron chi connectivity index (χ4n) is 3.16. The number of sulfonamides is 1. The number of amides is 1. The molecule has 1 N–H and O–H groups in total. The Labute approximate surface area is 198 Å². The molecule has 0 spiro atoms. The second-order valence-electron chi connectivity index (χ2n) is 7.09. The second-order valence-corrected chi connectivity index (χ2v) is 9.39. The normalized spacial score (nSPS) is 11.1. The highest BCUT2D eigenvalue weighted by atomic mass is 35.5. The zero-order valence-electron chi connectivity index (χ0n) is 18.0. The van der Waals surface area contributed by atoms with E-state index in [0.29, 0.717) is 23.8 Å². The number of ether oxygens (including phenoxy) is 1. The molecule has 0 aliphatic rings. The van der Waals surface area contributed by atoms with E-state index in [1.54, 1.807) is 43.3 Å². The number of rotatable bonds is 10. The average Bonchev–Trinajstić information content (AvgIpc) is 2.80. The lowest BCUT2D eigenvalue weighted by Gasteiger charge is -2.26. The van der Waals surface area contributed by atoms with Crippen molar-refractivity contribution in [3.63, 3.8) is 0 Å². The first-order chi connectivity index (χ1) is 15.8. The van der Waals surface area contributed by atoms with Gasteiger partial charge in [-0.05, 0) is 67.4 Å². The first kappa shape index (κ1) is 24.5. The van der Waals surface area contributed by atoms with Gasteiger partial charge in [0.2, 0.25) is 5.91 Å². The highest BCUT2D eigenvalue weighted by Crippen LogP contribution is 2.32. The van der Waals surface area contributed by atoms with Crippen LogP contribution in [0.4, 0.5) is 10.1 Å². The molecule has 0 fully saturated rings. The molecule has 33 heavy (non-hydrogen) atoms. The number of halogens is 2. The van der Waals surface area contributed by atoms with Crippen molar-refractivity contribution in [2.45, 2.75) is 18.2 Å². The lowest BCUT2D eigenvalue weighted by atomic mass is 10.1. The fraction of sp³-hybridized carbons (Fsp3) is 0.208. The van der Waals surface area contributed by atoms with E-state index in [1.807, 2.05) is 0 Å². The molecule has 0 radical (unpaired) electrons. The predicted molar refractivity (Wildman–Crippen MR) is 127 cm³/mol. The summed E-state index contributed by atoms with van der Waals surface area (Å²) in [5.74, 6) is -0.476. The molecule has 0 saturated carbocycles. The zero-order chi connectivity index (χ0) is 23.8. The van der Waals surface area contributed by atoms with E-state index in [-0.39, 0.29) is 22.9 Å². The number of anilines is 1. The molecule has 3 aromatic carbocycles. The Morgan fingerprint density at radius 2 is 1.70 bits per heavy atom. The molecule has 0 atom stereocenters. The molecule has 0 aromatic heterocycles. The van der Waals surface area contributed by atoms with E-state index in [0.717, 1.165) is 9.87 Å². The SMILES string of the molecule is CCOc1ccccc1N(CC(=O)NCCc1ccc(F)cc1)S(=O)(=O)c1ccc(Cl)cc1. The van der Waals surface area contributed by atoms with E-state index in [2.05, 4.69) is 5.32 Å². The van der Waals surface area contributed by atoms with Gasteiger partial charge in [0, 0.05) is 11.6 Å². The first-order valence-corrected chi connectivity index (χ1v) is 12.1. The summed E-state index contributed by atoms with van der Waals surface area (Å²) in [5.41, 5.74) is 1.10. The molecule has 6 nitrogen and oxygen atoms in total. The molecule has 1 amide bonds. The summed E-state index contributed by atoms with van der Waals surface area (Å²) in [5, 5.41) is 3.13. The summed E-state index contributed by atoms with van der Waals surface area (Å²) >= 11 is 5.91. The molecule has 174 valence electrons. The Morgan fingerprint density at radius 3 is 2.36 bits per heavy atom. The molecular weight excluding hydrogens is 467 g/mol. The molecule has 9 heteroatoms. The van der Waals surface area contributed by atoms with Gasteiger partial charge in [-0.15, -0.1) is 0 Å². The topological polar surface area (TPSA) is 75.7 Å². The maximum absolute atomic E-state index is 13.5. The van der Waals surface area contributed by atoms with E-state index in [4.69, 9.17) is 16.3 Å². The van der Waals surface area contributed by atoms with Gasteiger partial charge in [-0.3, -0.25) is 9.10 Å². The van der Waals surface area contributed by atoms with Gasteiger partial charge in [-0.25, -0.2) is 12.8 Å². The maximum atomic E-state index is 13.5. The lowest BCUT2D eigenvalue weighted by molar-refractivity contribution is -0.119. The third kappa shape index (κ3) is 6.46. The van der Waals surface area contributed by atoms with E-state index < -0.39 is 22.5 Å². The van der Waals surface area contributed by atoms with Crippen molar-refractivity contribution in [3.8, 4) is 5.75 Å². The van der Waals surface area contributed by atoms with Gasteiger partial charge < -0.3 is 10.1 Å². The van der Waals surface area contributed by atoms with E-state index in [9.17, 15) is 17.6 Å². The van der Waals surface area contributed by atoms with Crippen molar-refractivity contribution in [3.05, 3.63) is 89.2 Å². The summed E-state index contributed by atoms with van der Waals surface area (Å²) in [7, 11) is -4.10. The summed E-state index contributed by atoms with van der Waals surface area (Å²) in [6.45, 7) is 1.94. The van der Waals surface area contributed by atoms with Gasteiger partial charge in [0.25, 0.3) is 10.0 Å². The Morgan fingerprint density at radius 1 is 1.03 bits per heavy atom. The van der Waals surface area contributed by atoms with Gasteiger partial charge in [0.05, 0.1) is 17.2 Å². The summed E-state index contributed by atoms with van der Waals surface area (Å²) < 4.78 is 46.6. The van der Waals surface area contributed by atoms with Gasteiger partial charge in [0.1, 0.15) is 18.1 Å². The zero-order valence-corrected chi connectivity index (χ0v) is 19.6.